The zero-order chi connectivity index (χ0) is 20.9. The Kier molecular flexibility index (Phi) is 6.46. The molecule has 1 aromatic heterocycles. The highest BCUT2D eigenvalue weighted by atomic mass is 19.4. The van der Waals surface area contributed by atoms with Gasteiger partial charge in [0.2, 0.25) is 5.56 Å². The number of aromatic nitrogens is 1. The van der Waals surface area contributed by atoms with Crippen molar-refractivity contribution in [2.45, 2.75) is 25.6 Å². The van der Waals surface area contributed by atoms with E-state index in [9.17, 15) is 22.8 Å². The molecule has 0 atom stereocenters. The van der Waals surface area contributed by atoms with Gasteiger partial charge in [0.25, 0.3) is 5.91 Å². The summed E-state index contributed by atoms with van der Waals surface area (Å²) < 4.78 is 40.6. The molecule has 6 nitrogen and oxygen atoms in total. The maximum Gasteiger partial charge on any atom is 0.573 e. The normalized spacial score (nSPS) is 15.2. The summed E-state index contributed by atoms with van der Waals surface area (Å²) in [6, 6.07) is 8.70. The molecule has 0 bridgehead atoms. The van der Waals surface area contributed by atoms with E-state index in [4.69, 9.17) is 0 Å². The lowest BCUT2D eigenvalue weighted by Gasteiger charge is -2.33. The van der Waals surface area contributed by atoms with Crippen molar-refractivity contribution in [2.24, 2.45) is 5.92 Å². The van der Waals surface area contributed by atoms with Crippen molar-refractivity contribution < 1.29 is 22.7 Å². The SMILES string of the molecule is O=C(NCCC1CCN(c2ccc(OC(F)(F)F)cc2)CC1)c1ccc(=O)[nH]c1. The van der Waals surface area contributed by atoms with Gasteiger partial charge in [-0.15, -0.1) is 13.2 Å². The minimum atomic E-state index is -4.69. The third-order valence-corrected chi connectivity index (χ3v) is 4.93. The number of amides is 1. The molecule has 1 aliphatic rings. The third-order valence-electron chi connectivity index (χ3n) is 4.93. The number of H-pyrrole nitrogens is 1. The number of ether oxygens (including phenoxy) is 1. The molecule has 1 saturated heterocycles. The quantitative estimate of drug-likeness (QED) is 0.768. The molecule has 2 N–H and O–H groups in total. The number of anilines is 1. The molecule has 29 heavy (non-hydrogen) atoms. The summed E-state index contributed by atoms with van der Waals surface area (Å²) in [5, 5.41) is 2.85. The van der Waals surface area contributed by atoms with E-state index in [0.29, 0.717) is 18.0 Å². The molecular weight excluding hydrogens is 387 g/mol. The van der Waals surface area contributed by atoms with Crippen LogP contribution in [-0.2, 0) is 0 Å². The van der Waals surface area contributed by atoms with E-state index in [-0.39, 0.29) is 17.2 Å². The van der Waals surface area contributed by atoms with Gasteiger partial charge in [0.1, 0.15) is 5.75 Å². The van der Waals surface area contributed by atoms with Crippen molar-refractivity contribution in [3.05, 3.63) is 58.5 Å². The number of carbonyl (C=O) groups is 1. The molecular formula is C20H22F3N3O3. The zero-order valence-electron chi connectivity index (χ0n) is 15.7. The van der Waals surface area contributed by atoms with Crippen LogP contribution in [0.5, 0.6) is 5.75 Å². The fourth-order valence-electron chi connectivity index (χ4n) is 3.38. The summed E-state index contributed by atoms with van der Waals surface area (Å²) in [5.74, 6) is 0.0178. The van der Waals surface area contributed by atoms with Gasteiger partial charge in [0.05, 0.1) is 5.56 Å². The van der Waals surface area contributed by atoms with Crippen molar-refractivity contribution in [1.82, 2.24) is 10.3 Å². The number of piperidine rings is 1. The number of alkyl halides is 3. The Morgan fingerprint density at radius 1 is 1.14 bits per heavy atom. The molecule has 3 rings (SSSR count). The number of nitrogens with one attached hydrogen (secondary N) is 2. The average molecular weight is 409 g/mol. The second-order valence-electron chi connectivity index (χ2n) is 6.96. The van der Waals surface area contributed by atoms with Gasteiger partial charge in [-0.05, 0) is 55.5 Å². The molecule has 156 valence electrons. The van der Waals surface area contributed by atoms with E-state index < -0.39 is 6.36 Å². The summed E-state index contributed by atoms with van der Waals surface area (Å²) in [6.07, 6.45) is -0.569. The van der Waals surface area contributed by atoms with Crippen LogP contribution in [0, 0.1) is 5.92 Å². The van der Waals surface area contributed by atoms with E-state index in [2.05, 4.69) is 19.9 Å². The predicted molar refractivity (Wildman–Crippen MR) is 102 cm³/mol. The topological polar surface area (TPSA) is 74.4 Å². The maximum absolute atomic E-state index is 12.2. The van der Waals surface area contributed by atoms with Crippen LogP contribution in [-0.4, -0.2) is 36.9 Å². The number of nitrogens with zero attached hydrogens (tertiary/aromatic N) is 1. The van der Waals surface area contributed by atoms with Gasteiger partial charge >= 0.3 is 6.36 Å². The summed E-state index contributed by atoms with van der Waals surface area (Å²) in [5.41, 5.74) is 1.03. The highest BCUT2D eigenvalue weighted by Gasteiger charge is 2.31. The van der Waals surface area contributed by atoms with Crippen molar-refractivity contribution in [3.8, 4) is 5.75 Å². The van der Waals surface area contributed by atoms with Gasteiger partial charge in [-0.2, -0.15) is 0 Å². The molecule has 9 heteroatoms. The molecule has 1 aliphatic heterocycles. The lowest BCUT2D eigenvalue weighted by molar-refractivity contribution is -0.274. The Morgan fingerprint density at radius 2 is 1.83 bits per heavy atom. The maximum atomic E-state index is 12.2. The molecule has 0 unspecified atom stereocenters. The lowest BCUT2D eigenvalue weighted by atomic mass is 9.93. The lowest BCUT2D eigenvalue weighted by Crippen LogP contribution is -2.35. The van der Waals surface area contributed by atoms with Crippen LogP contribution in [0.4, 0.5) is 18.9 Å². The monoisotopic (exact) mass is 409 g/mol. The van der Waals surface area contributed by atoms with Crippen LogP contribution in [0.15, 0.2) is 47.4 Å². The van der Waals surface area contributed by atoms with Crippen LogP contribution in [0.25, 0.3) is 0 Å². The first-order valence-corrected chi connectivity index (χ1v) is 9.38. The predicted octanol–water partition coefficient (Wildman–Crippen LogP) is 3.31. The number of aromatic amines is 1. The van der Waals surface area contributed by atoms with Crippen LogP contribution >= 0.6 is 0 Å². The zero-order valence-corrected chi connectivity index (χ0v) is 15.7. The Hall–Kier alpha value is -2.97. The fraction of sp³-hybridized carbons (Fsp3) is 0.400. The second kappa shape index (κ2) is 9.02. The largest absolute Gasteiger partial charge is 0.573 e. The molecule has 0 saturated carbocycles. The molecule has 2 heterocycles. The van der Waals surface area contributed by atoms with Gasteiger partial charge in [-0.3, -0.25) is 9.59 Å². The number of pyridine rings is 1. The highest BCUT2D eigenvalue weighted by Crippen LogP contribution is 2.28. The number of benzene rings is 1. The smallest absolute Gasteiger partial charge is 0.406 e. The van der Waals surface area contributed by atoms with Crippen LogP contribution in [0.3, 0.4) is 0 Å². The molecule has 0 aliphatic carbocycles. The molecule has 1 aromatic carbocycles. The van der Waals surface area contributed by atoms with E-state index in [1.165, 1.54) is 30.5 Å². The van der Waals surface area contributed by atoms with Crippen LogP contribution < -0.4 is 20.5 Å². The number of rotatable bonds is 6. The summed E-state index contributed by atoms with van der Waals surface area (Å²) in [7, 11) is 0. The van der Waals surface area contributed by atoms with Gasteiger partial charge in [0.15, 0.2) is 0 Å². The summed E-state index contributed by atoms with van der Waals surface area (Å²) in [6.45, 7) is 2.15. The molecule has 1 fully saturated rings. The van der Waals surface area contributed by atoms with Gasteiger partial charge < -0.3 is 19.9 Å². The first-order valence-electron chi connectivity index (χ1n) is 9.38. The van der Waals surface area contributed by atoms with Gasteiger partial charge in [0, 0.05) is 37.6 Å². The first kappa shape index (κ1) is 20.8. The molecule has 2 aromatic rings. The first-order chi connectivity index (χ1) is 13.8. The standard InChI is InChI=1S/C20H22F3N3O3/c21-20(22,23)29-17-4-2-16(3-5-17)26-11-8-14(9-12-26)7-10-24-19(28)15-1-6-18(27)25-13-15/h1-6,13-14H,7-12H2,(H,24,28)(H,25,27). The number of hydrogen-bond acceptors (Lipinski definition) is 4. The van der Waals surface area contributed by atoms with Crippen molar-refractivity contribution >= 4 is 11.6 Å². The molecule has 1 amide bonds. The van der Waals surface area contributed by atoms with E-state index in [1.807, 2.05) is 0 Å². The van der Waals surface area contributed by atoms with Crippen molar-refractivity contribution in [3.63, 3.8) is 0 Å². The van der Waals surface area contributed by atoms with Crippen molar-refractivity contribution in [2.75, 3.05) is 24.5 Å². The minimum Gasteiger partial charge on any atom is -0.406 e. The Bertz CT molecular complexity index is 853. The molecule has 0 spiro atoms. The van der Waals surface area contributed by atoms with Gasteiger partial charge in [-0.1, -0.05) is 0 Å². The number of hydrogen-bond donors (Lipinski definition) is 2. The Morgan fingerprint density at radius 3 is 2.41 bits per heavy atom. The fourth-order valence-corrected chi connectivity index (χ4v) is 3.38. The highest BCUT2D eigenvalue weighted by molar-refractivity contribution is 5.93. The summed E-state index contributed by atoms with van der Waals surface area (Å²) in [4.78, 5) is 27.7. The van der Waals surface area contributed by atoms with Crippen molar-refractivity contribution in [1.29, 1.82) is 0 Å². The minimum absolute atomic E-state index is 0.222. The summed E-state index contributed by atoms with van der Waals surface area (Å²) >= 11 is 0. The Balaban J connectivity index is 1.40. The third kappa shape index (κ3) is 6.27. The number of carbonyl (C=O) groups excluding carboxylic acids is 1. The second-order valence-corrected chi connectivity index (χ2v) is 6.96. The van der Waals surface area contributed by atoms with E-state index in [0.717, 1.165) is 38.0 Å². The van der Waals surface area contributed by atoms with E-state index >= 15 is 0 Å². The van der Waals surface area contributed by atoms with Crippen LogP contribution in [0.1, 0.15) is 29.6 Å². The average Bonchev–Trinajstić information content (AvgIpc) is 2.68. The van der Waals surface area contributed by atoms with Gasteiger partial charge in [-0.25, -0.2) is 0 Å². The number of halogens is 3. The van der Waals surface area contributed by atoms with Crippen LogP contribution in [0.2, 0.25) is 0 Å². The van der Waals surface area contributed by atoms with E-state index in [1.54, 1.807) is 12.1 Å². The Labute approximate surface area is 165 Å². The molecule has 0 radical (unpaired) electrons.